The van der Waals surface area contributed by atoms with Crippen LogP contribution in [-0.2, 0) is 27.3 Å². The van der Waals surface area contributed by atoms with Crippen molar-refractivity contribution >= 4 is 23.5 Å². The standard InChI is InChI=1S/C24H25ClN2O4/c1-15-2-4-16(5-3-15)10-22(28)27-9-8-26-12-21(30-13-17(26)11-27)19-7-6-18-20(23(19)25)14-31-24(18)29/h2-7,17,21H,8-14H2,1H3. The van der Waals surface area contributed by atoms with Crippen molar-refractivity contribution in [2.24, 2.45) is 0 Å². The number of fused-ring (bicyclic) bond motifs is 2. The van der Waals surface area contributed by atoms with E-state index >= 15 is 0 Å². The summed E-state index contributed by atoms with van der Waals surface area (Å²) in [6.45, 7) is 5.74. The molecule has 2 aromatic rings. The van der Waals surface area contributed by atoms with Crippen LogP contribution in [-0.4, -0.2) is 60.5 Å². The molecule has 2 saturated heterocycles. The third-order valence-electron chi connectivity index (χ3n) is 6.51. The van der Waals surface area contributed by atoms with Gasteiger partial charge in [-0.3, -0.25) is 9.69 Å². The fourth-order valence-corrected chi connectivity index (χ4v) is 4.97. The lowest BCUT2D eigenvalue weighted by molar-refractivity contribution is -0.139. The van der Waals surface area contributed by atoms with Crippen LogP contribution in [0.3, 0.4) is 0 Å². The summed E-state index contributed by atoms with van der Waals surface area (Å²) in [7, 11) is 0. The molecule has 0 aliphatic carbocycles. The van der Waals surface area contributed by atoms with Crippen molar-refractivity contribution < 1.29 is 19.1 Å². The summed E-state index contributed by atoms with van der Waals surface area (Å²) < 4.78 is 11.3. The van der Waals surface area contributed by atoms with E-state index < -0.39 is 0 Å². The van der Waals surface area contributed by atoms with Crippen LogP contribution in [0, 0.1) is 6.92 Å². The SMILES string of the molecule is Cc1ccc(CC(=O)N2CCN3CC(c4ccc5c(c4Cl)COC5=O)OCC3C2)cc1. The van der Waals surface area contributed by atoms with Crippen LogP contribution in [0.15, 0.2) is 36.4 Å². The monoisotopic (exact) mass is 440 g/mol. The van der Waals surface area contributed by atoms with Crippen molar-refractivity contribution in [1.29, 1.82) is 0 Å². The molecule has 0 bridgehead atoms. The zero-order valence-electron chi connectivity index (χ0n) is 17.5. The van der Waals surface area contributed by atoms with E-state index in [2.05, 4.69) is 4.90 Å². The van der Waals surface area contributed by atoms with Crippen LogP contribution in [0.25, 0.3) is 0 Å². The maximum absolute atomic E-state index is 12.8. The number of hydrogen-bond acceptors (Lipinski definition) is 5. The summed E-state index contributed by atoms with van der Waals surface area (Å²) in [6.07, 6.45) is 0.279. The zero-order valence-corrected chi connectivity index (χ0v) is 18.2. The van der Waals surface area contributed by atoms with Gasteiger partial charge in [0.15, 0.2) is 0 Å². The molecule has 6 nitrogen and oxygen atoms in total. The molecule has 0 N–H and O–H groups in total. The molecule has 1 amide bonds. The maximum Gasteiger partial charge on any atom is 0.338 e. The van der Waals surface area contributed by atoms with Gasteiger partial charge in [0.2, 0.25) is 5.91 Å². The molecule has 2 atom stereocenters. The second-order valence-corrected chi connectivity index (χ2v) is 8.92. The summed E-state index contributed by atoms with van der Waals surface area (Å²) >= 11 is 6.60. The Labute approximate surface area is 186 Å². The van der Waals surface area contributed by atoms with Gasteiger partial charge in [0.05, 0.1) is 35.8 Å². The van der Waals surface area contributed by atoms with Crippen LogP contribution in [0.1, 0.15) is 38.7 Å². The molecule has 3 heterocycles. The van der Waals surface area contributed by atoms with E-state index in [1.807, 2.05) is 42.2 Å². The number of carbonyl (C=O) groups excluding carboxylic acids is 2. The Kier molecular flexibility index (Phi) is 5.46. The molecule has 0 radical (unpaired) electrons. The highest BCUT2D eigenvalue weighted by molar-refractivity contribution is 6.32. The predicted octanol–water partition coefficient (Wildman–Crippen LogP) is 3.15. The van der Waals surface area contributed by atoms with Crippen LogP contribution < -0.4 is 0 Å². The molecular weight excluding hydrogens is 416 g/mol. The molecule has 31 heavy (non-hydrogen) atoms. The van der Waals surface area contributed by atoms with E-state index in [0.717, 1.165) is 29.8 Å². The molecule has 0 spiro atoms. The Bertz CT molecular complexity index is 1020. The molecule has 2 unspecified atom stereocenters. The Hall–Kier alpha value is -2.41. The van der Waals surface area contributed by atoms with Gasteiger partial charge in [-0.2, -0.15) is 0 Å². The smallest absolute Gasteiger partial charge is 0.338 e. The van der Waals surface area contributed by atoms with Gasteiger partial charge in [0.25, 0.3) is 0 Å². The number of morpholine rings is 1. The van der Waals surface area contributed by atoms with Crippen molar-refractivity contribution in [3.63, 3.8) is 0 Å². The van der Waals surface area contributed by atoms with Gasteiger partial charge in [-0.1, -0.05) is 47.5 Å². The van der Waals surface area contributed by atoms with Crippen molar-refractivity contribution in [2.45, 2.75) is 32.1 Å². The summed E-state index contributed by atoms with van der Waals surface area (Å²) in [4.78, 5) is 28.9. The van der Waals surface area contributed by atoms with E-state index in [-0.39, 0.29) is 30.6 Å². The number of esters is 1. The number of carbonyl (C=O) groups is 2. The molecular formula is C24H25ClN2O4. The van der Waals surface area contributed by atoms with Gasteiger partial charge >= 0.3 is 5.97 Å². The van der Waals surface area contributed by atoms with E-state index in [4.69, 9.17) is 21.1 Å². The number of cyclic esters (lactones) is 1. The Morgan fingerprint density at radius 3 is 2.74 bits per heavy atom. The molecule has 2 aromatic carbocycles. The molecule has 162 valence electrons. The first kappa shape index (κ1) is 20.5. The number of amides is 1. The first-order valence-electron chi connectivity index (χ1n) is 10.7. The number of rotatable bonds is 3. The first-order valence-corrected chi connectivity index (χ1v) is 11.0. The van der Waals surface area contributed by atoms with Gasteiger partial charge in [0.1, 0.15) is 6.61 Å². The zero-order chi connectivity index (χ0) is 21.5. The predicted molar refractivity (Wildman–Crippen MR) is 116 cm³/mol. The van der Waals surface area contributed by atoms with Gasteiger partial charge in [-0.25, -0.2) is 4.79 Å². The minimum Gasteiger partial charge on any atom is -0.457 e. The lowest BCUT2D eigenvalue weighted by Crippen LogP contribution is -2.59. The normalized spacial score (nSPS) is 23.3. The van der Waals surface area contributed by atoms with Gasteiger partial charge in [0, 0.05) is 37.3 Å². The summed E-state index contributed by atoms with van der Waals surface area (Å²) in [5.74, 6) is -0.156. The van der Waals surface area contributed by atoms with Crippen molar-refractivity contribution in [3.8, 4) is 0 Å². The molecule has 3 aliphatic rings. The fraction of sp³-hybridized carbons (Fsp3) is 0.417. The maximum atomic E-state index is 12.8. The topological polar surface area (TPSA) is 59.1 Å². The third kappa shape index (κ3) is 3.95. The van der Waals surface area contributed by atoms with E-state index in [9.17, 15) is 9.59 Å². The summed E-state index contributed by atoms with van der Waals surface area (Å²) in [6, 6.07) is 12.0. The number of benzene rings is 2. The first-order chi connectivity index (χ1) is 15.0. The lowest BCUT2D eigenvalue weighted by Gasteiger charge is -2.46. The lowest BCUT2D eigenvalue weighted by atomic mass is 9.99. The second-order valence-electron chi connectivity index (χ2n) is 8.54. The van der Waals surface area contributed by atoms with E-state index in [1.54, 1.807) is 6.07 Å². The number of halogens is 1. The van der Waals surface area contributed by atoms with Gasteiger partial charge < -0.3 is 14.4 Å². The minimum atomic E-state index is -0.320. The van der Waals surface area contributed by atoms with Crippen LogP contribution in [0.4, 0.5) is 0 Å². The van der Waals surface area contributed by atoms with Crippen LogP contribution in [0.5, 0.6) is 0 Å². The van der Waals surface area contributed by atoms with Crippen molar-refractivity contribution in [3.05, 3.63) is 69.2 Å². The largest absolute Gasteiger partial charge is 0.457 e. The molecule has 0 saturated carbocycles. The minimum absolute atomic E-state index is 0.153. The van der Waals surface area contributed by atoms with E-state index in [1.165, 1.54) is 5.56 Å². The number of ether oxygens (including phenoxy) is 2. The van der Waals surface area contributed by atoms with Crippen LogP contribution in [0.2, 0.25) is 5.02 Å². The highest BCUT2D eigenvalue weighted by Gasteiger charge is 2.37. The number of nitrogens with zero attached hydrogens (tertiary/aromatic N) is 2. The highest BCUT2D eigenvalue weighted by atomic mass is 35.5. The Balaban J connectivity index is 1.22. The second kappa shape index (κ2) is 8.26. The highest BCUT2D eigenvalue weighted by Crippen LogP contribution is 2.37. The number of hydrogen-bond donors (Lipinski definition) is 0. The van der Waals surface area contributed by atoms with Crippen molar-refractivity contribution in [2.75, 3.05) is 32.8 Å². The number of aryl methyl sites for hydroxylation is 1. The average molecular weight is 441 g/mol. The Morgan fingerprint density at radius 2 is 1.94 bits per heavy atom. The summed E-state index contributed by atoms with van der Waals surface area (Å²) in [5.41, 5.74) is 4.44. The molecule has 0 aromatic heterocycles. The molecule has 5 rings (SSSR count). The van der Waals surface area contributed by atoms with Crippen LogP contribution >= 0.6 is 11.6 Å². The fourth-order valence-electron chi connectivity index (χ4n) is 4.63. The van der Waals surface area contributed by atoms with Crippen molar-refractivity contribution in [1.82, 2.24) is 9.80 Å². The van der Waals surface area contributed by atoms with Gasteiger partial charge in [-0.05, 0) is 18.6 Å². The van der Waals surface area contributed by atoms with Gasteiger partial charge in [-0.15, -0.1) is 0 Å². The summed E-state index contributed by atoms with van der Waals surface area (Å²) in [5, 5.41) is 0.568. The quantitative estimate of drug-likeness (QED) is 0.686. The molecule has 2 fully saturated rings. The molecule has 7 heteroatoms. The molecule has 3 aliphatic heterocycles. The Morgan fingerprint density at radius 1 is 1.13 bits per heavy atom. The average Bonchev–Trinajstić information content (AvgIpc) is 3.16. The van der Waals surface area contributed by atoms with E-state index in [0.29, 0.717) is 36.7 Å². The number of piperazine rings is 1. The third-order valence-corrected chi connectivity index (χ3v) is 6.96.